The van der Waals surface area contributed by atoms with E-state index in [1.807, 2.05) is 19.2 Å². The summed E-state index contributed by atoms with van der Waals surface area (Å²) in [6, 6.07) is 8.10. The van der Waals surface area contributed by atoms with Crippen LogP contribution in [0.3, 0.4) is 0 Å². The normalized spacial score (nSPS) is 10.7. The summed E-state index contributed by atoms with van der Waals surface area (Å²) in [6.45, 7) is 3.23. The number of anilines is 1. The van der Waals surface area contributed by atoms with Crippen LogP contribution in [0.5, 0.6) is 0 Å². The average molecular weight is 445 g/mol. The number of carboxylic acids is 1. The van der Waals surface area contributed by atoms with E-state index >= 15 is 0 Å². The van der Waals surface area contributed by atoms with Crippen molar-refractivity contribution >= 4 is 45.0 Å². The van der Waals surface area contributed by atoms with Crippen molar-refractivity contribution in [2.45, 2.75) is 13.8 Å². The van der Waals surface area contributed by atoms with Gasteiger partial charge in [-0.1, -0.05) is 0 Å². The first kappa shape index (κ1) is 19.6. The molecule has 1 aromatic carbocycles. The number of carbonyl (C=O) groups is 3. The van der Waals surface area contributed by atoms with E-state index < -0.39 is 18.4 Å². The predicted molar refractivity (Wildman–Crippen MR) is 107 cm³/mol. The number of amides is 2. The summed E-state index contributed by atoms with van der Waals surface area (Å²) >= 11 is 3.46. The van der Waals surface area contributed by atoms with Gasteiger partial charge in [0.2, 0.25) is 0 Å². The van der Waals surface area contributed by atoms with E-state index in [1.54, 1.807) is 23.5 Å². The minimum atomic E-state index is -1.12. The Morgan fingerprint density at radius 2 is 1.82 bits per heavy atom. The molecule has 28 heavy (non-hydrogen) atoms. The van der Waals surface area contributed by atoms with Crippen LogP contribution in [0.1, 0.15) is 32.1 Å². The molecule has 3 N–H and O–H groups in total. The molecule has 0 bridgehead atoms. The lowest BCUT2D eigenvalue weighted by Crippen LogP contribution is -2.29. The number of carbonyl (C=O) groups excluding carboxylic acids is 2. The summed E-state index contributed by atoms with van der Waals surface area (Å²) in [5.74, 6) is -1.95. The fraction of sp³-hybridized carbons (Fsp3) is 0.158. The highest BCUT2D eigenvalue weighted by Gasteiger charge is 2.18. The molecule has 0 saturated heterocycles. The topological polar surface area (TPSA) is 113 Å². The fourth-order valence-electron chi connectivity index (χ4n) is 2.77. The van der Waals surface area contributed by atoms with Gasteiger partial charge in [0.15, 0.2) is 5.65 Å². The Bertz CT molecular complexity index is 1090. The molecule has 0 aliphatic rings. The number of nitrogens with one attached hydrogen (secondary N) is 2. The van der Waals surface area contributed by atoms with Crippen LogP contribution in [0.25, 0.3) is 5.65 Å². The van der Waals surface area contributed by atoms with E-state index in [2.05, 4.69) is 31.5 Å². The highest BCUT2D eigenvalue weighted by Crippen LogP contribution is 2.23. The molecule has 0 atom stereocenters. The molecule has 0 aliphatic carbocycles. The molecule has 2 amide bonds. The maximum absolute atomic E-state index is 12.8. The van der Waals surface area contributed by atoms with Gasteiger partial charge < -0.3 is 15.7 Å². The first-order valence-electron chi connectivity index (χ1n) is 8.32. The molecule has 3 aromatic rings. The van der Waals surface area contributed by atoms with Gasteiger partial charge in [0.1, 0.15) is 12.2 Å². The molecule has 8 nitrogen and oxygen atoms in total. The Morgan fingerprint density at radius 1 is 1.14 bits per heavy atom. The third kappa shape index (κ3) is 4.04. The fourth-order valence-corrected chi connectivity index (χ4v) is 3.41. The van der Waals surface area contributed by atoms with Gasteiger partial charge in [-0.25, -0.2) is 4.98 Å². The number of nitrogens with zero attached hydrogens (tertiary/aromatic N) is 2. The van der Waals surface area contributed by atoms with Crippen LogP contribution in [-0.4, -0.2) is 38.8 Å². The maximum atomic E-state index is 12.8. The van der Waals surface area contributed by atoms with Crippen LogP contribution in [0.4, 0.5) is 5.69 Å². The van der Waals surface area contributed by atoms with Crippen LogP contribution in [-0.2, 0) is 4.79 Å². The van der Waals surface area contributed by atoms with E-state index in [-0.39, 0.29) is 5.91 Å². The van der Waals surface area contributed by atoms with Crippen molar-refractivity contribution in [1.82, 2.24) is 14.7 Å². The Balaban J connectivity index is 1.80. The number of aromatic nitrogens is 2. The first-order chi connectivity index (χ1) is 13.3. The van der Waals surface area contributed by atoms with Gasteiger partial charge in [0, 0.05) is 17.4 Å². The van der Waals surface area contributed by atoms with Crippen LogP contribution in [0, 0.1) is 13.8 Å². The molecule has 0 aliphatic heterocycles. The SMILES string of the molecule is Cc1cc(Br)c2nc(C)c(C(=O)Nc3ccc(C(=O)NCC(=O)O)cc3)n2c1. The van der Waals surface area contributed by atoms with Crippen LogP contribution < -0.4 is 10.6 Å². The summed E-state index contributed by atoms with van der Waals surface area (Å²) in [6.07, 6.45) is 1.84. The summed E-state index contributed by atoms with van der Waals surface area (Å²) < 4.78 is 2.53. The van der Waals surface area contributed by atoms with Crippen molar-refractivity contribution in [2.75, 3.05) is 11.9 Å². The second-order valence-corrected chi connectivity index (χ2v) is 7.07. The van der Waals surface area contributed by atoms with Gasteiger partial charge in [-0.3, -0.25) is 18.8 Å². The number of halogens is 1. The van der Waals surface area contributed by atoms with Crippen molar-refractivity contribution < 1.29 is 19.5 Å². The monoisotopic (exact) mass is 444 g/mol. The van der Waals surface area contributed by atoms with Crippen molar-refractivity contribution in [3.63, 3.8) is 0 Å². The van der Waals surface area contributed by atoms with Gasteiger partial charge >= 0.3 is 5.97 Å². The third-order valence-electron chi connectivity index (χ3n) is 4.01. The smallest absolute Gasteiger partial charge is 0.322 e. The van der Waals surface area contributed by atoms with E-state index in [4.69, 9.17) is 5.11 Å². The maximum Gasteiger partial charge on any atom is 0.322 e. The number of hydrogen-bond donors (Lipinski definition) is 3. The van der Waals surface area contributed by atoms with E-state index in [0.29, 0.717) is 28.3 Å². The molecular formula is C19H17BrN4O4. The highest BCUT2D eigenvalue weighted by molar-refractivity contribution is 9.10. The highest BCUT2D eigenvalue weighted by atomic mass is 79.9. The number of pyridine rings is 1. The quantitative estimate of drug-likeness (QED) is 0.559. The van der Waals surface area contributed by atoms with E-state index in [0.717, 1.165) is 10.0 Å². The minimum absolute atomic E-state index is 0.296. The molecule has 3 rings (SSSR count). The molecule has 0 unspecified atom stereocenters. The average Bonchev–Trinajstić information content (AvgIpc) is 2.96. The summed E-state index contributed by atoms with van der Waals surface area (Å²) in [7, 11) is 0. The zero-order chi connectivity index (χ0) is 20.4. The van der Waals surface area contributed by atoms with Gasteiger partial charge in [-0.2, -0.15) is 0 Å². The lowest BCUT2D eigenvalue weighted by Gasteiger charge is -2.08. The molecule has 9 heteroatoms. The molecule has 2 aromatic heterocycles. The van der Waals surface area contributed by atoms with Crippen molar-refractivity contribution in [3.8, 4) is 0 Å². The van der Waals surface area contributed by atoms with Crippen LogP contribution in [0.2, 0.25) is 0 Å². The number of imidazole rings is 1. The second-order valence-electron chi connectivity index (χ2n) is 6.21. The van der Waals surface area contributed by atoms with Crippen molar-refractivity contribution in [2.24, 2.45) is 0 Å². The van der Waals surface area contributed by atoms with Gasteiger partial charge in [0.05, 0.1) is 10.2 Å². The number of rotatable bonds is 5. The Hall–Kier alpha value is -3.20. The number of fused-ring (bicyclic) bond motifs is 1. The minimum Gasteiger partial charge on any atom is -0.480 e. The van der Waals surface area contributed by atoms with Gasteiger partial charge in [-0.15, -0.1) is 0 Å². The van der Waals surface area contributed by atoms with E-state index in [1.165, 1.54) is 12.1 Å². The molecule has 2 heterocycles. The first-order valence-corrected chi connectivity index (χ1v) is 9.12. The molecule has 0 spiro atoms. The number of aliphatic carboxylic acids is 1. The summed E-state index contributed by atoms with van der Waals surface area (Å²) in [5, 5.41) is 13.7. The predicted octanol–water partition coefficient (Wildman–Crippen LogP) is 2.78. The lowest BCUT2D eigenvalue weighted by molar-refractivity contribution is -0.135. The standard InChI is InChI=1S/C19H17BrN4O4/c1-10-7-14(20)17-22-11(2)16(24(17)9-10)19(28)23-13-5-3-12(4-6-13)18(27)21-8-15(25)26/h3-7,9H,8H2,1-2H3,(H,21,27)(H,23,28)(H,25,26). The Morgan fingerprint density at radius 3 is 2.46 bits per heavy atom. The van der Waals surface area contributed by atoms with Crippen molar-refractivity contribution in [1.29, 1.82) is 0 Å². The molecule has 0 saturated carbocycles. The lowest BCUT2D eigenvalue weighted by atomic mass is 10.2. The van der Waals surface area contributed by atoms with Crippen LogP contribution in [0.15, 0.2) is 41.0 Å². The third-order valence-corrected chi connectivity index (χ3v) is 4.59. The molecule has 0 fully saturated rings. The van der Waals surface area contributed by atoms with Crippen molar-refractivity contribution in [3.05, 3.63) is 63.5 Å². The second kappa shape index (κ2) is 7.81. The number of benzene rings is 1. The summed E-state index contributed by atoms with van der Waals surface area (Å²) in [5.41, 5.74) is 3.43. The largest absolute Gasteiger partial charge is 0.480 e. The molecule has 0 radical (unpaired) electrons. The summed E-state index contributed by atoms with van der Waals surface area (Å²) in [4.78, 5) is 39.6. The number of hydrogen-bond acceptors (Lipinski definition) is 4. The van der Waals surface area contributed by atoms with E-state index in [9.17, 15) is 14.4 Å². The number of aryl methyl sites for hydroxylation is 2. The zero-order valence-corrected chi connectivity index (χ0v) is 16.7. The van der Waals surface area contributed by atoms with Crippen LogP contribution >= 0.6 is 15.9 Å². The Labute approximate surface area is 168 Å². The Kier molecular flexibility index (Phi) is 5.46. The number of carboxylic acid groups (broad SMARTS) is 1. The van der Waals surface area contributed by atoms with Gasteiger partial charge in [-0.05, 0) is 65.7 Å². The molecule has 144 valence electrons. The van der Waals surface area contributed by atoms with Gasteiger partial charge in [0.25, 0.3) is 11.8 Å². The zero-order valence-electron chi connectivity index (χ0n) is 15.1. The molecular weight excluding hydrogens is 428 g/mol.